The number of aliphatic carboxylic acids is 1. The Morgan fingerprint density at radius 2 is 2.13 bits per heavy atom. The van der Waals surface area contributed by atoms with Crippen LogP contribution in [0.1, 0.15) is 0 Å². The lowest BCUT2D eigenvalue weighted by atomic mass is 10.2. The number of morpholine rings is 1. The fourth-order valence-corrected chi connectivity index (χ4v) is 2.56. The summed E-state index contributed by atoms with van der Waals surface area (Å²) in [5.41, 5.74) is 0.222. The van der Waals surface area contributed by atoms with Crippen LogP contribution in [0, 0.1) is 0 Å². The van der Waals surface area contributed by atoms with Gasteiger partial charge in [0.2, 0.25) is 5.91 Å². The number of carboxylic acid groups (broad SMARTS) is 1. The zero-order chi connectivity index (χ0) is 16.4. The third-order valence-electron chi connectivity index (χ3n) is 3.77. The molecule has 3 rings (SSSR count). The predicted molar refractivity (Wildman–Crippen MR) is 80.0 cm³/mol. The van der Waals surface area contributed by atoms with Gasteiger partial charge in [0.15, 0.2) is 6.04 Å². The molecule has 1 aromatic carbocycles. The maximum absolute atomic E-state index is 12.4. The molecular formula is C15H15N3O5. The van der Waals surface area contributed by atoms with Crippen LogP contribution in [0.4, 0.5) is 0 Å². The molecule has 0 bridgehead atoms. The first-order valence-corrected chi connectivity index (χ1v) is 7.12. The van der Waals surface area contributed by atoms with Gasteiger partial charge in [0.25, 0.3) is 5.56 Å². The third kappa shape index (κ3) is 2.93. The van der Waals surface area contributed by atoms with Gasteiger partial charge in [0, 0.05) is 6.54 Å². The van der Waals surface area contributed by atoms with E-state index in [1.165, 1.54) is 15.8 Å². The summed E-state index contributed by atoms with van der Waals surface area (Å²) in [6, 6.07) is 5.82. The van der Waals surface area contributed by atoms with Crippen LogP contribution in [-0.4, -0.2) is 57.2 Å². The van der Waals surface area contributed by atoms with Gasteiger partial charge in [-0.1, -0.05) is 12.1 Å². The molecule has 2 heterocycles. The Balaban J connectivity index is 1.86. The van der Waals surface area contributed by atoms with Gasteiger partial charge < -0.3 is 14.7 Å². The van der Waals surface area contributed by atoms with Crippen LogP contribution in [0.5, 0.6) is 0 Å². The quantitative estimate of drug-likeness (QED) is 0.834. The minimum absolute atomic E-state index is 0.0497. The molecule has 0 saturated carbocycles. The molecule has 2 aromatic rings. The molecule has 120 valence electrons. The largest absolute Gasteiger partial charge is 0.480 e. The molecule has 1 aliphatic rings. The van der Waals surface area contributed by atoms with E-state index in [1.807, 2.05) is 0 Å². The topological polar surface area (TPSA) is 102 Å². The van der Waals surface area contributed by atoms with E-state index in [2.05, 4.69) is 4.98 Å². The second-order valence-corrected chi connectivity index (χ2v) is 5.21. The summed E-state index contributed by atoms with van der Waals surface area (Å²) < 4.78 is 6.29. The Morgan fingerprint density at radius 1 is 1.35 bits per heavy atom. The number of amides is 1. The van der Waals surface area contributed by atoms with Crippen molar-refractivity contribution in [3.05, 3.63) is 40.9 Å². The van der Waals surface area contributed by atoms with Gasteiger partial charge in [0.1, 0.15) is 6.54 Å². The number of hydrogen-bond acceptors (Lipinski definition) is 5. The number of hydrogen-bond donors (Lipinski definition) is 1. The zero-order valence-corrected chi connectivity index (χ0v) is 12.2. The first kappa shape index (κ1) is 15.2. The number of fused-ring (bicyclic) bond motifs is 1. The van der Waals surface area contributed by atoms with E-state index >= 15 is 0 Å². The Bertz CT molecular complexity index is 816. The van der Waals surface area contributed by atoms with Crippen LogP contribution in [0.25, 0.3) is 10.9 Å². The summed E-state index contributed by atoms with van der Waals surface area (Å²) in [7, 11) is 0. The maximum Gasteiger partial charge on any atom is 0.328 e. The Kier molecular flexibility index (Phi) is 4.07. The molecule has 1 fully saturated rings. The molecule has 0 radical (unpaired) electrons. The van der Waals surface area contributed by atoms with Crippen molar-refractivity contribution in [3.63, 3.8) is 0 Å². The second-order valence-electron chi connectivity index (χ2n) is 5.21. The van der Waals surface area contributed by atoms with Gasteiger partial charge in [0.05, 0.1) is 30.4 Å². The zero-order valence-electron chi connectivity index (χ0n) is 12.2. The smallest absolute Gasteiger partial charge is 0.328 e. The van der Waals surface area contributed by atoms with E-state index in [1.54, 1.807) is 24.3 Å². The average Bonchev–Trinajstić information content (AvgIpc) is 2.57. The molecule has 0 unspecified atom stereocenters. The number of para-hydroxylation sites is 1. The molecule has 8 nitrogen and oxygen atoms in total. The normalized spacial score (nSPS) is 18.1. The van der Waals surface area contributed by atoms with Crippen molar-refractivity contribution in [1.29, 1.82) is 0 Å². The molecule has 0 spiro atoms. The van der Waals surface area contributed by atoms with E-state index in [0.717, 1.165) is 0 Å². The lowest BCUT2D eigenvalue weighted by molar-refractivity contribution is -0.158. The first-order valence-electron chi connectivity index (χ1n) is 7.12. The predicted octanol–water partition coefficient (Wildman–Crippen LogP) is -0.292. The maximum atomic E-state index is 12.4. The first-order chi connectivity index (χ1) is 11.1. The Labute approximate surface area is 130 Å². The Hall–Kier alpha value is -2.74. The number of carbonyl (C=O) groups excluding carboxylic acids is 1. The number of nitrogens with zero attached hydrogens (tertiary/aromatic N) is 3. The number of carboxylic acids is 1. The van der Waals surface area contributed by atoms with Gasteiger partial charge >= 0.3 is 5.97 Å². The lowest BCUT2D eigenvalue weighted by Crippen LogP contribution is -2.53. The summed E-state index contributed by atoms with van der Waals surface area (Å²) in [5.74, 6) is -1.57. The summed E-state index contributed by atoms with van der Waals surface area (Å²) in [6.07, 6.45) is 1.30. The van der Waals surface area contributed by atoms with Crippen LogP contribution < -0.4 is 5.56 Å². The Morgan fingerprint density at radius 3 is 2.91 bits per heavy atom. The van der Waals surface area contributed by atoms with Crippen LogP contribution in [0.3, 0.4) is 0 Å². The van der Waals surface area contributed by atoms with Crippen molar-refractivity contribution in [2.24, 2.45) is 0 Å². The van der Waals surface area contributed by atoms with Gasteiger partial charge in [-0.15, -0.1) is 0 Å². The van der Waals surface area contributed by atoms with E-state index in [0.29, 0.717) is 10.9 Å². The van der Waals surface area contributed by atoms with E-state index in [4.69, 9.17) is 9.84 Å². The van der Waals surface area contributed by atoms with Crippen LogP contribution >= 0.6 is 0 Å². The molecule has 1 aliphatic heterocycles. The van der Waals surface area contributed by atoms with Crippen molar-refractivity contribution in [2.45, 2.75) is 12.6 Å². The average molecular weight is 317 g/mol. The monoisotopic (exact) mass is 317 g/mol. The minimum Gasteiger partial charge on any atom is -0.480 e. The van der Waals surface area contributed by atoms with E-state index < -0.39 is 17.9 Å². The highest BCUT2D eigenvalue weighted by atomic mass is 16.5. The number of ether oxygens (including phenoxy) is 1. The van der Waals surface area contributed by atoms with E-state index in [9.17, 15) is 14.4 Å². The van der Waals surface area contributed by atoms with Gasteiger partial charge in [-0.3, -0.25) is 14.2 Å². The van der Waals surface area contributed by atoms with Crippen molar-refractivity contribution >= 4 is 22.8 Å². The van der Waals surface area contributed by atoms with Crippen molar-refractivity contribution in [1.82, 2.24) is 14.5 Å². The highest BCUT2D eigenvalue weighted by Gasteiger charge is 2.32. The van der Waals surface area contributed by atoms with Gasteiger partial charge in [-0.2, -0.15) is 0 Å². The molecule has 1 saturated heterocycles. The van der Waals surface area contributed by atoms with Crippen LogP contribution in [0.2, 0.25) is 0 Å². The second kappa shape index (κ2) is 6.17. The van der Waals surface area contributed by atoms with Crippen molar-refractivity contribution in [2.75, 3.05) is 19.8 Å². The number of aromatic nitrogens is 2. The number of carbonyl (C=O) groups is 2. The molecule has 1 aromatic heterocycles. The number of rotatable bonds is 3. The van der Waals surface area contributed by atoms with Crippen LogP contribution in [0.15, 0.2) is 35.4 Å². The SMILES string of the molecule is O=C(O)[C@@H]1COCCN1C(=O)Cn1cnc2ccccc2c1=O. The van der Waals surface area contributed by atoms with Crippen molar-refractivity contribution in [3.8, 4) is 0 Å². The molecular weight excluding hydrogens is 302 g/mol. The third-order valence-corrected chi connectivity index (χ3v) is 3.77. The van der Waals surface area contributed by atoms with E-state index in [-0.39, 0.29) is 31.9 Å². The highest BCUT2D eigenvalue weighted by molar-refractivity contribution is 5.84. The lowest BCUT2D eigenvalue weighted by Gasteiger charge is -2.32. The summed E-state index contributed by atoms with van der Waals surface area (Å²) in [5, 5.41) is 9.58. The fraction of sp³-hybridized carbons (Fsp3) is 0.333. The molecule has 0 aliphatic carbocycles. The molecule has 1 amide bonds. The van der Waals surface area contributed by atoms with Gasteiger partial charge in [-0.25, -0.2) is 9.78 Å². The van der Waals surface area contributed by atoms with Crippen molar-refractivity contribution < 1.29 is 19.4 Å². The standard InChI is InChI=1S/C15H15N3O5/c19-13(18-5-6-23-8-12(18)15(21)22)7-17-9-16-11-4-2-1-3-10(11)14(17)20/h1-4,9,12H,5-8H2,(H,21,22)/t12-/m0/s1. The molecule has 8 heteroatoms. The van der Waals surface area contributed by atoms with Crippen LogP contribution in [-0.2, 0) is 20.9 Å². The summed E-state index contributed by atoms with van der Waals surface area (Å²) in [4.78, 5) is 41.3. The fourth-order valence-electron chi connectivity index (χ4n) is 2.56. The van der Waals surface area contributed by atoms with Gasteiger partial charge in [-0.05, 0) is 12.1 Å². The summed E-state index contributed by atoms with van der Waals surface area (Å²) in [6.45, 7) is 0.165. The molecule has 23 heavy (non-hydrogen) atoms. The minimum atomic E-state index is -1.12. The highest BCUT2D eigenvalue weighted by Crippen LogP contribution is 2.09. The number of benzene rings is 1. The summed E-state index contributed by atoms with van der Waals surface area (Å²) >= 11 is 0. The molecule has 1 atom stereocenters. The molecule has 1 N–H and O–H groups in total.